The summed E-state index contributed by atoms with van der Waals surface area (Å²) < 4.78 is 32.1. The highest BCUT2D eigenvalue weighted by Gasteiger charge is 2.40. The molecule has 7 nitrogen and oxygen atoms in total. The molecule has 0 radical (unpaired) electrons. The van der Waals surface area contributed by atoms with Gasteiger partial charge in [0.2, 0.25) is 10.0 Å². The molecule has 1 aromatic carbocycles. The molecule has 2 fully saturated rings. The van der Waals surface area contributed by atoms with E-state index in [1.54, 1.807) is 0 Å². The summed E-state index contributed by atoms with van der Waals surface area (Å²) in [7, 11) is -3.64. The molecule has 1 aliphatic carbocycles. The fraction of sp³-hybridized carbons (Fsp3) is 0.421. The molecular formula is C19H22ClN3O4S. The predicted molar refractivity (Wildman–Crippen MR) is 105 cm³/mol. The maximum atomic E-state index is 12.8. The Morgan fingerprint density at radius 2 is 1.86 bits per heavy atom. The third-order valence-corrected chi connectivity index (χ3v) is 7.59. The number of amides is 1. The number of aromatic amines is 1. The maximum Gasteiger partial charge on any atom is 0.268 e. The average molecular weight is 424 g/mol. The van der Waals surface area contributed by atoms with E-state index in [1.807, 2.05) is 24.3 Å². The van der Waals surface area contributed by atoms with Crippen molar-refractivity contribution in [1.29, 1.82) is 0 Å². The zero-order chi connectivity index (χ0) is 19.8. The topological polar surface area (TPSA) is 91.5 Å². The molecule has 4 rings (SSSR count). The van der Waals surface area contributed by atoms with Crippen LogP contribution >= 0.6 is 11.6 Å². The molecule has 9 heteroatoms. The number of hydrogen-bond donors (Lipinski definition) is 2. The molecule has 2 aliphatic rings. The van der Waals surface area contributed by atoms with Crippen molar-refractivity contribution in [3.8, 4) is 0 Å². The number of morpholine rings is 1. The van der Waals surface area contributed by atoms with Crippen molar-refractivity contribution in [1.82, 2.24) is 14.6 Å². The summed E-state index contributed by atoms with van der Waals surface area (Å²) in [6.45, 7) is 1.38. The van der Waals surface area contributed by atoms with Crippen molar-refractivity contribution in [2.24, 2.45) is 0 Å². The Bertz CT molecular complexity index is 961. The minimum Gasteiger partial charge on any atom is -0.379 e. The summed E-state index contributed by atoms with van der Waals surface area (Å²) in [6.07, 6.45) is 4.06. The second-order valence-electron chi connectivity index (χ2n) is 7.16. The Morgan fingerprint density at radius 3 is 2.46 bits per heavy atom. The fourth-order valence-electron chi connectivity index (χ4n) is 3.66. The van der Waals surface area contributed by atoms with E-state index in [4.69, 9.17) is 16.3 Å². The van der Waals surface area contributed by atoms with Crippen molar-refractivity contribution in [3.05, 3.63) is 52.8 Å². The van der Waals surface area contributed by atoms with Gasteiger partial charge in [0.15, 0.2) is 0 Å². The molecule has 1 saturated heterocycles. The SMILES string of the molecule is O=C(NC1(c2ccc(Cl)cc2)CCC1)c1cc(S(=O)(=O)N2CCOCC2)c[nH]1. The number of aromatic nitrogens is 1. The van der Waals surface area contributed by atoms with Crippen LogP contribution in [0.3, 0.4) is 0 Å². The first kappa shape index (κ1) is 19.4. The van der Waals surface area contributed by atoms with Gasteiger partial charge in [-0.05, 0) is 43.0 Å². The van der Waals surface area contributed by atoms with Crippen molar-refractivity contribution >= 4 is 27.5 Å². The second-order valence-corrected chi connectivity index (χ2v) is 9.54. The zero-order valence-corrected chi connectivity index (χ0v) is 16.9. The lowest BCUT2D eigenvalue weighted by molar-refractivity contribution is 0.0730. The van der Waals surface area contributed by atoms with E-state index in [0.717, 1.165) is 24.8 Å². The van der Waals surface area contributed by atoms with E-state index < -0.39 is 15.6 Å². The normalized spacial score (nSPS) is 19.8. The number of ether oxygens (including phenoxy) is 1. The molecule has 0 unspecified atom stereocenters. The smallest absolute Gasteiger partial charge is 0.268 e. The Labute approximate surface area is 169 Å². The van der Waals surface area contributed by atoms with Gasteiger partial charge in [-0.15, -0.1) is 0 Å². The number of halogens is 1. The minimum absolute atomic E-state index is 0.0914. The fourth-order valence-corrected chi connectivity index (χ4v) is 5.19. The first-order valence-electron chi connectivity index (χ1n) is 9.26. The van der Waals surface area contributed by atoms with Crippen molar-refractivity contribution < 1.29 is 17.9 Å². The summed E-state index contributed by atoms with van der Waals surface area (Å²) in [6, 6.07) is 8.86. The molecule has 0 bridgehead atoms. The molecule has 2 aromatic rings. The van der Waals surface area contributed by atoms with Crippen molar-refractivity contribution in [2.75, 3.05) is 26.3 Å². The molecular weight excluding hydrogens is 402 g/mol. The predicted octanol–water partition coefficient (Wildman–Crippen LogP) is 2.50. The molecule has 28 heavy (non-hydrogen) atoms. The highest BCUT2D eigenvalue weighted by molar-refractivity contribution is 7.89. The Kier molecular flexibility index (Phi) is 5.22. The van der Waals surface area contributed by atoms with Crippen molar-refractivity contribution in [2.45, 2.75) is 29.7 Å². The number of carbonyl (C=O) groups excluding carboxylic acids is 1. The van der Waals surface area contributed by atoms with Crippen LogP contribution in [0.4, 0.5) is 0 Å². The molecule has 0 atom stereocenters. The van der Waals surface area contributed by atoms with Crippen molar-refractivity contribution in [3.63, 3.8) is 0 Å². The van der Waals surface area contributed by atoms with Crippen LogP contribution in [0, 0.1) is 0 Å². The average Bonchev–Trinajstić information content (AvgIpc) is 3.17. The molecule has 0 spiro atoms. The number of nitrogens with zero attached hydrogens (tertiary/aromatic N) is 1. The van der Waals surface area contributed by atoms with E-state index >= 15 is 0 Å². The Morgan fingerprint density at radius 1 is 1.18 bits per heavy atom. The molecule has 1 amide bonds. The summed E-state index contributed by atoms with van der Waals surface area (Å²) in [5, 5.41) is 3.73. The quantitative estimate of drug-likeness (QED) is 0.772. The van der Waals surface area contributed by atoms with Gasteiger partial charge < -0.3 is 15.0 Å². The van der Waals surface area contributed by atoms with E-state index in [9.17, 15) is 13.2 Å². The zero-order valence-electron chi connectivity index (χ0n) is 15.3. The van der Waals surface area contributed by atoms with Crippen LogP contribution in [0.5, 0.6) is 0 Å². The lowest BCUT2D eigenvalue weighted by atomic mass is 9.71. The largest absolute Gasteiger partial charge is 0.379 e. The third kappa shape index (κ3) is 3.57. The van der Waals surface area contributed by atoms with E-state index in [-0.39, 0.29) is 16.5 Å². The van der Waals surface area contributed by atoms with Gasteiger partial charge in [0.1, 0.15) is 10.6 Å². The second kappa shape index (κ2) is 7.51. The van der Waals surface area contributed by atoms with Gasteiger partial charge in [0.05, 0.1) is 18.8 Å². The van der Waals surface area contributed by atoms with Crippen LogP contribution in [-0.4, -0.2) is 49.9 Å². The van der Waals surface area contributed by atoms with Crippen LogP contribution in [0.15, 0.2) is 41.4 Å². The van der Waals surface area contributed by atoms with Gasteiger partial charge in [-0.3, -0.25) is 4.79 Å². The highest BCUT2D eigenvalue weighted by atomic mass is 35.5. The van der Waals surface area contributed by atoms with E-state index in [0.29, 0.717) is 31.3 Å². The van der Waals surface area contributed by atoms with Gasteiger partial charge in [0.25, 0.3) is 5.91 Å². The monoisotopic (exact) mass is 423 g/mol. The van der Waals surface area contributed by atoms with Crippen LogP contribution in [0.25, 0.3) is 0 Å². The van der Waals surface area contributed by atoms with Crippen LogP contribution in [0.1, 0.15) is 35.3 Å². The molecule has 1 aliphatic heterocycles. The Balaban J connectivity index is 1.52. The van der Waals surface area contributed by atoms with Crippen LogP contribution in [0.2, 0.25) is 5.02 Å². The highest BCUT2D eigenvalue weighted by Crippen LogP contribution is 2.41. The first-order chi connectivity index (χ1) is 13.4. The minimum atomic E-state index is -3.64. The Hall–Kier alpha value is -1.87. The van der Waals surface area contributed by atoms with Gasteiger partial charge in [0, 0.05) is 24.3 Å². The lowest BCUT2D eigenvalue weighted by Crippen LogP contribution is -2.50. The van der Waals surface area contributed by atoms with Gasteiger partial charge >= 0.3 is 0 Å². The number of hydrogen-bond acceptors (Lipinski definition) is 4. The molecule has 2 heterocycles. The summed E-state index contributed by atoms with van der Waals surface area (Å²) in [5.41, 5.74) is 0.798. The van der Waals surface area contributed by atoms with Crippen LogP contribution in [-0.2, 0) is 20.3 Å². The number of nitrogens with one attached hydrogen (secondary N) is 2. The molecule has 1 aromatic heterocycles. The molecule has 2 N–H and O–H groups in total. The van der Waals surface area contributed by atoms with Gasteiger partial charge in [-0.2, -0.15) is 4.31 Å². The molecule has 150 valence electrons. The van der Waals surface area contributed by atoms with E-state index in [1.165, 1.54) is 16.6 Å². The lowest BCUT2D eigenvalue weighted by Gasteiger charge is -2.43. The summed E-state index contributed by atoms with van der Waals surface area (Å²) in [4.78, 5) is 15.7. The van der Waals surface area contributed by atoms with E-state index in [2.05, 4.69) is 10.3 Å². The summed E-state index contributed by atoms with van der Waals surface area (Å²) >= 11 is 5.97. The standard InChI is InChI=1S/C19H22ClN3O4S/c20-15-4-2-14(3-5-15)19(6-1-7-19)22-18(24)17-12-16(13-21-17)28(25,26)23-8-10-27-11-9-23/h2-5,12-13,21H,1,6-11H2,(H,22,24). The first-order valence-corrected chi connectivity index (χ1v) is 11.1. The number of benzene rings is 1. The molecule has 1 saturated carbocycles. The number of sulfonamides is 1. The van der Waals surface area contributed by atoms with Gasteiger partial charge in [-0.25, -0.2) is 8.42 Å². The van der Waals surface area contributed by atoms with Crippen LogP contribution < -0.4 is 5.32 Å². The summed E-state index contributed by atoms with van der Waals surface area (Å²) in [5.74, 6) is -0.321. The third-order valence-electron chi connectivity index (χ3n) is 5.47. The number of H-pyrrole nitrogens is 1. The van der Waals surface area contributed by atoms with Gasteiger partial charge in [-0.1, -0.05) is 23.7 Å². The number of carbonyl (C=O) groups is 1. The number of rotatable bonds is 5. The maximum absolute atomic E-state index is 12.8.